The first-order valence-electron chi connectivity index (χ1n) is 12.4. The summed E-state index contributed by atoms with van der Waals surface area (Å²) in [6.45, 7) is -0.771. The Morgan fingerprint density at radius 3 is 1.84 bits per heavy atom. The van der Waals surface area contributed by atoms with Gasteiger partial charge in [0.05, 0.1) is 17.2 Å². The molecule has 1 saturated heterocycles. The lowest BCUT2D eigenvalue weighted by atomic mass is 9.98. The molecule has 0 aromatic heterocycles. The molecule has 4 rings (SSSR count). The third kappa shape index (κ3) is 6.63. The summed E-state index contributed by atoms with van der Waals surface area (Å²) < 4.78 is 21.6. The summed E-state index contributed by atoms with van der Waals surface area (Å²) in [7, 11) is 0. The lowest BCUT2D eigenvalue weighted by Crippen LogP contribution is -2.60. The highest BCUT2D eigenvalue weighted by atomic mass is 16.7. The molecule has 3 aromatic rings. The summed E-state index contributed by atoms with van der Waals surface area (Å²) >= 11 is 0. The van der Waals surface area contributed by atoms with Crippen molar-refractivity contribution in [2.24, 2.45) is 0 Å². The SMILES string of the molecule is N#CC(OC1OC(COC(=O)c2cc(O)c(O)c(O)c2)C(O)C(OC(=O)c2cc(O)c(O)c(O)c2)C1O)c1ccccc1. The molecule has 8 N–H and O–H groups in total. The highest BCUT2D eigenvalue weighted by molar-refractivity contribution is 5.91. The van der Waals surface area contributed by atoms with E-state index in [0.717, 1.165) is 24.3 Å². The number of rotatable bonds is 8. The van der Waals surface area contributed by atoms with Crippen molar-refractivity contribution in [1.29, 1.82) is 5.26 Å². The average Bonchev–Trinajstić information content (AvgIpc) is 2.99. The van der Waals surface area contributed by atoms with Crippen LogP contribution in [0.1, 0.15) is 32.4 Å². The zero-order valence-corrected chi connectivity index (χ0v) is 21.8. The van der Waals surface area contributed by atoms with Gasteiger partial charge in [-0.05, 0) is 29.8 Å². The van der Waals surface area contributed by atoms with Gasteiger partial charge in [0.15, 0.2) is 53.0 Å². The van der Waals surface area contributed by atoms with E-state index in [4.69, 9.17) is 18.9 Å². The Kier molecular flexibility index (Phi) is 9.07. The van der Waals surface area contributed by atoms with E-state index >= 15 is 0 Å². The Hall–Kier alpha value is -5.27. The zero-order chi connectivity index (χ0) is 31.4. The van der Waals surface area contributed by atoms with Gasteiger partial charge in [0.2, 0.25) is 0 Å². The van der Waals surface area contributed by atoms with Gasteiger partial charge in [-0.25, -0.2) is 9.59 Å². The van der Waals surface area contributed by atoms with Crippen LogP contribution in [0.15, 0.2) is 54.6 Å². The Morgan fingerprint density at radius 1 is 0.814 bits per heavy atom. The van der Waals surface area contributed by atoms with Gasteiger partial charge in [0.25, 0.3) is 0 Å². The van der Waals surface area contributed by atoms with Gasteiger partial charge in [-0.3, -0.25) is 0 Å². The number of aromatic hydroxyl groups is 6. The van der Waals surface area contributed by atoms with Gasteiger partial charge in [0, 0.05) is 0 Å². The fraction of sp³-hybridized carbons (Fsp3) is 0.250. The van der Waals surface area contributed by atoms with Crippen molar-refractivity contribution in [2.45, 2.75) is 36.8 Å². The topological polar surface area (TPSA) is 257 Å². The molecule has 226 valence electrons. The summed E-state index contributed by atoms with van der Waals surface area (Å²) in [6, 6.07) is 13.0. The molecule has 1 aliphatic rings. The molecule has 3 aromatic carbocycles. The molecule has 6 atom stereocenters. The normalized spacial score (nSPS) is 22.2. The lowest BCUT2D eigenvalue weighted by molar-refractivity contribution is -0.307. The largest absolute Gasteiger partial charge is 0.504 e. The van der Waals surface area contributed by atoms with Crippen LogP contribution in [0, 0.1) is 11.3 Å². The molecule has 0 bridgehead atoms. The monoisotopic (exact) mass is 599 g/mol. The first kappa shape index (κ1) is 30.7. The molecule has 1 fully saturated rings. The molecule has 43 heavy (non-hydrogen) atoms. The maximum atomic E-state index is 12.8. The maximum absolute atomic E-state index is 12.8. The molecule has 0 radical (unpaired) electrons. The van der Waals surface area contributed by atoms with E-state index in [1.54, 1.807) is 30.3 Å². The number of aliphatic hydroxyl groups excluding tert-OH is 2. The number of esters is 2. The lowest BCUT2D eigenvalue weighted by Gasteiger charge is -2.42. The van der Waals surface area contributed by atoms with Gasteiger partial charge in [-0.15, -0.1) is 0 Å². The number of phenols is 6. The van der Waals surface area contributed by atoms with Crippen LogP contribution >= 0.6 is 0 Å². The zero-order valence-electron chi connectivity index (χ0n) is 21.8. The second kappa shape index (κ2) is 12.7. The van der Waals surface area contributed by atoms with Crippen molar-refractivity contribution in [3.05, 3.63) is 71.3 Å². The van der Waals surface area contributed by atoms with Crippen LogP contribution in [0.2, 0.25) is 0 Å². The van der Waals surface area contributed by atoms with Crippen molar-refractivity contribution in [2.75, 3.05) is 6.61 Å². The third-order valence-corrected chi connectivity index (χ3v) is 6.36. The maximum Gasteiger partial charge on any atom is 0.338 e. The minimum Gasteiger partial charge on any atom is -0.504 e. The Labute approximate surface area is 242 Å². The molecule has 0 saturated carbocycles. The Balaban J connectivity index is 1.58. The molecule has 1 heterocycles. The number of phenolic OH excluding ortho intramolecular Hbond substituents is 6. The highest BCUT2D eigenvalue weighted by Gasteiger charge is 2.49. The number of aliphatic hydroxyl groups is 2. The second-order valence-corrected chi connectivity index (χ2v) is 9.27. The number of nitrogens with zero attached hydrogens (tertiary/aromatic N) is 1. The van der Waals surface area contributed by atoms with Gasteiger partial charge >= 0.3 is 11.9 Å². The van der Waals surface area contributed by atoms with Crippen LogP contribution in [0.3, 0.4) is 0 Å². The first-order chi connectivity index (χ1) is 20.4. The second-order valence-electron chi connectivity index (χ2n) is 9.27. The van der Waals surface area contributed by atoms with Crippen molar-refractivity contribution in [3.63, 3.8) is 0 Å². The van der Waals surface area contributed by atoms with Crippen molar-refractivity contribution in [1.82, 2.24) is 0 Å². The average molecular weight is 600 g/mol. The summed E-state index contributed by atoms with van der Waals surface area (Å²) in [6.07, 6.45) is -10.3. The summed E-state index contributed by atoms with van der Waals surface area (Å²) in [4.78, 5) is 25.4. The van der Waals surface area contributed by atoms with E-state index in [9.17, 15) is 55.7 Å². The number of carbonyl (C=O) groups is 2. The van der Waals surface area contributed by atoms with Crippen LogP contribution < -0.4 is 0 Å². The predicted octanol–water partition coefficient (Wildman–Crippen LogP) is 1.03. The van der Waals surface area contributed by atoms with Crippen LogP contribution in [-0.4, -0.2) is 90.1 Å². The summed E-state index contributed by atoms with van der Waals surface area (Å²) in [5.74, 6) is -7.57. The number of carbonyl (C=O) groups excluding carboxylic acids is 2. The van der Waals surface area contributed by atoms with E-state index in [0.29, 0.717) is 5.56 Å². The molecular weight excluding hydrogens is 574 g/mol. The molecule has 15 nitrogen and oxygen atoms in total. The van der Waals surface area contributed by atoms with Gasteiger partial charge in [0.1, 0.15) is 24.9 Å². The molecule has 0 spiro atoms. The molecule has 15 heteroatoms. The van der Waals surface area contributed by atoms with Gasteiger partial charge in [-0.2, -0.15) is 5.26 Å². The number of hydrogen-bond donors (Lipinski definition) is 8. The van der Waals surface area contributed by atoms with Crippen molar-refractivity contribution in [3.8, 4) is 40.6 Å². The molecule has 0 amide bonds. The summed E-state index contributed by atoms with van der Waals surface area (Å²) in [5.41, 5.74) is -0.509. The third-order valence-electron chi connectivity index (χ3n) is 6.36. The minimum atomic E-state index is -1.93. The predicted molar refractivity (Wildman–Crippen MR) is 139 cm³/mol. The van der Waals surface area contributed by atoms with E-state index < -0.39 is 101 Å². The molecular formula is C28H25NO14. The molecule has 0 aliphatic carbocycles. The van der Waals surface area contributed by atoms with Crippen LogP contribution in [0.25, 0.3) is 0 Å². The van der Waals surface area contributed by atoms with Crippen LogP contribution in [0.5, 0.6) is 34.5 Å². The van der Waals surface area contributed by atoms with Gasteiger partial charge < -0.3 is 59.8 Å². The van der Waals surface area contributed by atoms with E-state index in [2.05, 4.69) is 0 Å². The quantitative estimate of drug-likeness (QED) is 0.133. The van der Waals surface area contributed by atoms with E-state index in [1.807, 2.05) is 6.07 Å². The number of benzene rings is 3. The fourth-order valence-electron chi connectivity index (χ4n) is 4.11. The Bertz CT molecular complexity index is 1490. The van der Waals surface area contributed by atoms with E-state index in [1.165, 1.54) is 0 Å². The minimum absolute atomic E-state index is 0.366. The first-order valence-corrected chi connectivity index (χ1v) is 12.4. The van der Waals surface area contributed by atoms with Crippen molar-refractivity contribution < 1.29 is 69.4 Å². The number of hydrogen-bond acceptors (Lipinski definition) is 15. The number of nitriles is 1. The highest BCUT2D eigenvalue weighted by Crippen LogP contribution is 2.37. The van der Waals surface area contributed by atoms with Crippen LogP contribution in [0.4, 0.5) is 0 Å². The fourth-order valence-corrected chi connectivity index (χ4v) is 4.11. The number of ether oxygens (including phenoxy) is 4. The summed E-state index contributed by atoms with van der Waals surface area (Å²) in [5, 5.41) is 89.5. The smallest absolute Gasteiger partial charge is 0.338 e. The standard InChI is InChI=1S/C28H25NO14/c29-10-19(12-4-2-1-3-5-12)41-28-24(37)25(43-27(39)14-8-17(32)22(35)18(33)9-14)23(36)20(42-28)11-40-26(38)13-6-15(30)21(34)16(31)7-13/h1-9,19-20,23-25,28,30-37H,11H2. The van der Waals surface area contributed by atoms with Crippen LogP contribution in [-0.2, 0) is 18.9 Å². The molecule has 6 unspecified atom stereocenters. The molecule has 1 aliphatic heterocycles. The van der Waals surface area contributed by atoms with Crippen molar-refractivity contribution >= 4 is 11.9 Å². The Morgan fingerprint density at radius 2 is 1.33 bits per heavy atom. The van der Waals surface area contributed by atoms with E-state index in [-0.39, 0.29) is 0 Å². The van der Waals surface area contributed by atoms with Gasteiger partial charge in [-0.1, -0.05) is 30.3 Å².